The van der Waals surface area contributed by atoms with Crippen LogP contribution in [0, 0.1) is 0 Å². The molecule has 1 aromatic heterocycles. The number of carbonyl (C=O) groups excluding carboxylic acids is 1. The lowest BCUT2D eigenvalue weighted by Crippen LogP contribution is -2.33. The Hall–Kier alpha value is -3.11. The quantitative estimate of drug-likeness (QED) is 0.636. The van der Waals surface area contributed by atoms with Gasteiger partial charge in [-0.3, -0.25) is 4.79 Å². The Morgan fingerprint density at radius 3 is 2.38 bits per heavy atom. The van der Waals surface area contributed by atoms with Crippen molar-refractivity contribution in [3.63, 3.8) is 0 Å². The predicted molar refractivity (Wildman–Crippen MR) is 92.1 cm³/mol. The number of rotatable bonds is 6. The van der Waals surface area contributed by atoms with E-state index in [1.807, 2.05) is 30.3 Å². The fraction of sp³-hybridized carbons (Fsp3) is 0.125. The van der Waals surface area contributed by atoms with E-state index in [-0.39, 0.29) is 17.3 Å². The smallest absolute Gasteiger partial charge is 0.249 e. The summed E-state index contributed by atoms with van der Waals surface area (Å²) in [7, 11) is -3.74. The summed E-state index contributed by atoms with van der Waals surface area (Å²) in [5.74, 6) is -0.293. The molecule has 0 spiro atoms. The number of sulfonamides is 1. The standard InChI is InChI=1S/C16H16N6O3S/c17-26(24,25)14-8-6-12(7-9-14)10-18-16(23)15(22-11-19-20-21-22)13-4-2-1-3-5-13/h1-9,11,15H,10H2,(H,18,23)(H2,17,24,25). The van der Waals surface area contributed by atoms with Gasteiger partial charge in [0.05, 0.1) is 4.90 Å². The summed E-state index contributed by atoms with van der Waals surface area (Å²) < 4.78 is 23.9. The van der Waals surface area contributed by atoms with Crippen LogP contribution in [0.4, 0.5) is 0 Å². The molecule has 3 rings (SSSR count). The van der Waals surface area contributed by atoms with Gasteiger partial charge in [0.2, 0.25) is 15.9 Å². The minimum absolute atomic E-state index is 0.0171. The first-order valence-corrected chi connectivity index (χ1v) is 9.16. The number of hydrogen-bond acceptors (Lipinski definition) is 6. The van der Waals surface area contributed by atoms with Gasteiger partial charge < -0.3 is 5.32 Å². The van der Waals surface area contributed by atoms with Crippen molar-refractivity contribution < 1.29 is 13.2 Å². The van der Waals surface area contributed by atoms with E-state index in [1.165, 1.54) is 23.1 Å². The van der Waals surface area contributed by atoms with E-state index in [0.717, 1.165) is 11.1 Å². The molecule has 1 heterocycles. The van der Waals surface area contributed by atoms with Gasteiger partial charge in [0.25, 0.3) is 0 Å². The van der Waals surface area contributed by atoms with Crippen LogP contribution in [0.2, 0.25) is 0 Å². The summed E-state index contributed by atoms with van der Waals surface area (Å²) in [6.07, 6.45) is 1.37. The number of nitrogens with two attached hydrogens (primary N) is 1. The number of aromatic nitrogens is 4. The van der Waals surface area contributed by atoms with E-state index in [9.17, 15) is 13.2 Å². The number of amides is 1. The molecule has 3 N–H and O–H groups in total. The van der Waals surface area contributed by atoms with Crippen molar-refractivity contribution in [2.24, 2.45) is 5.14 Å². The maximum absolute atomic E-state index is 12.7. The van der Waals surface area contributed by atoms with Crippen LogP contribution in [0.3, 0.4) is 0 Å². The lowest BCUT2D eigenvalue weighted by atomic mass is 10.1. The lowest BCUT2D eigenvalue weighted by Gasteiger charge is -2.16. The van der Waals surface area contributed by atoms with E-state index >= 15 is 0 Å². The zero-order chi connectivity index (χ0) is 18.6. The molecule has 0 bridgehead atoms. The number of nitrogens with zero attached hydrogens (tertiary/aromatic N) is 4. The average Bonchev–Trinajstić information content (AvgIpc) is 3.15. The van der Waals surface area contributed by atoms with Crippen LogP contribution in [0.25, 0.3) is 0 Å². The van der Waals surface area contributed by atoms with Crippen molar-refractivity contribution in [1.82, 2.24) is 25.5 Å². The second kappa shape index (κ2) is 7.42. The molecule has 134 valence electrons. The van der Waals surface area contributed by atoms with Gasteiger partial charge in [-0.15, -0.1) is 5.10 Å². The van der Waals surface area contributed by atoms with E-state index in [1.54, 1.807) is 12.1 Å². The second-order valence-corrected chi connectivity index (χ2v) is 7.07. The zero-order valence-corrected chi connectivity index (χ0v) is 14.4. The third kappa shape index (κ3) is 4.10. The highest BCUT2D eigenvalue weighted by atomic mass is 32.2. The Balaban J connectivity index is 1.75. The maximum atomic E-state index is 12.7. The number of tetrazole rings is 1. The van der Waals surface area contributed by atoms with Gasteiger partial charge in [-0.05, 0) is 33.7 Å². The monoisotopic (exact) mass is 372 g/mol. The van der Waals surface area contributed by atoms with Gasteiger partial charge in [0, 0.05) is 6.54 Å². The van der Waals surface area contributed by atoms with Crippen LogP contribution in [0.5, 0.6) is 0 Å². The molecular weight excluding hydrogens is 356 g/mol. The lowest BCUT2D eigenvalue weighted by molar-refractivity contribution is -0.123. The van der Waals surface area contributed by atoms with E-state index in [0.29, 0.717) is 0 Å². The molecule has 0 saturated carbocycles. The van der Waals surface area contributed by atoms with Crippen LogP contribution in [-0.4, -0.2) is 34.5 Å². The second-order valence-electron chi connectivity index (χ2n) is 5.51. The summed E-state index contributed by atoms with van der Waals surface area (Å²) in [6.45, 7) is 0.217. The highest BCUT2D eigenvalue weighted by Gasteiger charge is 2.23. The van der Waals surface area contributed by atoms with Gasteiger partial charge in [0.1, 0.15) is 6.33 Å². The fourth-order valence-electron chi connectivity index (χ4n) is 2.43. The number of carbonyl (C=O) groups is 1. The summed E-state index contributed by atoms with van der Waals surface area (Å²) in [5.41, 5.74) is 1.47. The summed E-state index contributed by atoms with van der Waals surface area (Å²) in [4.78, 5) is 12.7. The van der Waals surface area contributed by atoms with E-state index < -0.39 is 16.1 Å². The van der Waals surface area contributed by atoms with Crippen molar-refractivity contribution in [1.29, 1.82) is 0 Å². The number of primary sulfonamides is 1. The fourth-order valence-corrected chi connectivity index (χ4v) is 2.94. The Labute approximate surface area is 149 Å². The van der Waals surface area contributed by atoms with Crippen LogP contribution in [-0.2, 0) is 21.4 Å². The molecule has 0 radical (unpaired) electrons. The largest absolute Gasteiger partial charge is 0.350 e. The zero-order valence-electron chi connectivity index (χ0n) is 13.6. The van der Waals surface area contributed by atoms with Gasteiger partial charge >= 0.3 is 0 Å². The molecule has 1 amide bonds. The molecule has 1 atom stereocenters. The minimum Gasteiger partial charge on any atom is -0.350 e. The Morgan fingerprint density at radius 2 is 1.81 bits per heavy atom. The summed E-state index contributed by atoms with van der Waals surface area (Å²) >= 11 is 0. The van der Waals surface area contributed by atoms with E-state index in [4.69, 9.17) is 5.14 Å². The molecule has 26 heavy (non-hydrogen) atoms. The van der Waals surface area contributed by atoms with Crippen LogP contribution >= 0.6 is 0 Å². The molecule has 2 aromatic carbocycles. The summed E-state index contributed by atoms with van der Waals surface area (Å²) in [6, 6.07) is 14.4. The van der Waals surface area contributed by atoms with Gasteiger partial charge in [-0.25, -0.2) is 18.2 Å². The van der Waals surface area contributed by atoms with Crippen LogP contribution in [0.15, 0.2) is 65.8 Å². The number of hydrogen-bond donors (Lipinski definition) is 2. The first kappa shape index (κ1) is 17.7. The molecule has 0 aliphatic carbocycles. The van der Waals surface area contributed by atoms with Crippen molar-refractivity contribution in [2.75, 3.05) is 0 Å². The van der Waals surface area contributed by atoms with Gasteiger partial charge in [0.15, 0.2) is 6.04 Å². The van der Waals surface area contributed by atoms with Crippen LogP contribution < -0.4 is 10.5 Å². The Bertz CT molecular complexity index is 973. The van der Waals surface area contributed by atoms with Crippen molar-refractivity contribution in [3.05, 3.63) is 72.1 Å². The average molecular weight is 372 g/mol. The number of nitrogens with one attached hydrogen (secondary N) is 1. The molecule has 0 aliphatic rings. The van der Waals surface area contributed by atoms with Crippen LogP contribution in [0.1, 0.15) is 17.2 Å². The molecule has 1 unspecified atom stereocenters. The third-order valence-electron chi connectivity index (χ3n) is 3.71. The van der Waals surface area contributed by atoms with Crippen molar-refractivity contribution in [3.8, 4) is 0 Å². The highest BCUT2D eigenvalue weighted by molar-refractivity contribution is 7.89. The summed E-state index contributed by atoms with van der Waals surface area (Å²) in [5, 5.41) is 18.9. The molecule has 3 aromatic rings. The molecule has 10 heteroatoms. The van der Waals surface area contributed by atoms with E-state index in [2.05, 4.69) is 20.8 Å². The maximum Gasteiger partial charge on any atom is 0.249 e. The molecule has 0 saturated heterocycles. The Kier molecular flexibility index (Phi) is 5.05. The third-order valence-corrected chi connectivity index (χ3v) is 4.64. The molecule has 9 nitrogen and oxygen atoms in total. The molecule has 0 fully saturated rings. The first-order chi connectivity index (χ1) is 12.4. The SMILES string of the molecule is NS(=O)(=O)c1ccc(CNC(=O)C(c2ccccc2)n2cnnn2)cc1. The van der Waals surface area contributed by atoms with Gasteiger partial charge in [-0.1, -0.05) is 42.5 Å². The number of benzene rings is 2. The van der Waals surface area contributed by atoms with Crippen molar-refractivity contribution >= 4 is 15.9 Å². The normalized spacial score (nSPS) is 12.5. The van der Waals surface area contributed by atoms with Gasteiger partial charge in [-0.2, -0.15) is 0 Å². The topological polar surface area (TPSA) is 133 Å². The molecular formula is C16H16N6O3S. The highest BCUT2D eigenvalue weighted by Crippen LogP contribution is 2.17. The first-order valence-electron chi connectivity index (χ1n) is 7.62. The molecule has 0 aliphatic heterocycles. The Morgan fingerprint density at radius 1 is 1.12 bits per heavy atom. The predicted octanol–water partition coefficient (Wildman–Crippen LogP) is 0.226. The minimum atomic E-state index is -3.74. The van der Waals surface area contributed by atoms with Crippen molar-refractivity contribution in [2.45, 2.75) is 17.5 Å².